The Hall–Kier alpha value is -4.26. The highest BCUT2D eigenvalue weighted by Gasteiger charge is 2.20. The van der Waals surface area contributed by atoms with Crippen LogP contribution in [0.1, 0.15) is 21.5 Å². The van der Waals surface area contributed by atoms with E-state index in [2.05, 4.69) is 4.98 Å². The van der Waals surface area contributed by atoms with E-state index in [1.54, 1.807) is 30.3 Å². The van der Waals surface area contributed by atoms with Gasteiger partial charge in [0.15, 0.2) is 0 Å². The molecule has 1 N–H and O–H groups in total. The van der Waals surface area contributed by atoms with Gasteiger partial charge in [-0.2, -0.15) is 0 Å². The van der Waals surface area contributed by atoms with E-state index >= 15 is 0 Å². The van der Waals surface area contributed by atoms with Crippen molar-refractivity contribution < 1.29 is 9.72 Å². The van der Waals surface area contributed by atoms with Crippen LogP contribution < -0.4 is 10.5 Å². The molecule has 0 unspecified atom stereocenters. The molecule has 0 saturated heterocycles. The molecule has 0 aliphatic rings. The molecule has 1 aromatic heterocycles. The number of hydrogen-bond donors (Lipinski definition) is 1. The summed E-state index contributed by atoms with van der Waals surface area (Å²) in [5.41, 5.74) is 2.78. The maximum absolute atomic E-state index is 13.3. The fourth-order valence-corrected chi connectivity index (χ4v) is 3.43. The number of carbonyl (C=O) groups excluding carboxylic acids is 1. The van der Waals surface area contributed by atoms with E-state index < -0.39 is 4.92 Å². The zero-order valence-electron chi connectivity index (χ0n) is 16.7. The number of nitro benzene ring substituents is 1. The third-order valence-electron chi connectivity index (χ3n) is 5.04. The Bertz CT molecular complexity index is 1330. The second-order valence-electron chi connectivity index (χ2n) is 7.25. The van der Waals surface area contributed by atoms with E-state index in [-0.39, 0.29) is 23.7 Å². The van der Waals surface area contributed by atoms with Crippen molar-refractivity contribution in [2.45, 2.75) is 13.5 Å². The van der Waals surface area contributed by atoms with Crippen LogP contribution in [-0.2, 0) is 6.54 Å². The highest BCUT2D eigenvalue weighted by Crippen LogP contribution is 2.22. The Kier molecular flexibility index (Phi) is 5.32. The van der Waals surface area contributed by atoms with Gasteiger partial charge in [-0.1, -0.05) is 29.8 Å². The normalized spacial score (nSPS) is 10.7. The lowest BCUT2D eigenvalue weighted by molar-refractivity contribution is -0.384. The van der Waals surface area contributed by atoms with Crippen LogP contribution >= 0.6 is 0 Å². The molecule has 0 saturated carbocycles. The summed E-state index contributed by atoms with van der Waals surface area (Å²) in [5.74, 6) is -0.357. The highest BCUT2D eigenvalue weighted by molar-refractivity contribution is 6.06. The lowest BCUT2D eigenvalue weighted by Gasteiger charge is -2.23. The Morgan fingerprint density at radius 3 is 2.39 bits per heavy atom. The first kappa shape index (κ1) is 20.0. The smallest absolute Gasteiger partial charge is 0.269 e. The van der Waals surface area contributed by atoms with Gasteiger partial charge in [-0.15, -0.1) is 0 Å². The van der Waals surface area contributed by atoms with Gasteiger partial charge in [-0.3, -0.25) is 19.7 Å². The van der Waals surface area contributed by atoms with E-state index in [1.807, 2.05) is 31.2 Å². The number of nitro groups is 1. The molecule has 0 aliphatic carbocycles. The number of para-hydroxylation sites is 1. The largest absolute Gasteiger partial charge is 0.322 e. The average Bonchev–Trinajstić information content (AvgIpc) is 2.78. The van der Waals surface area contributed by atoms with Crippen molar-refractivity contribution in [1.29, 1.82) is 0 Å². The third kappa shape index (κ3) is 4.20. The monoisotopic (exact) mass is 413 g/mol. The Labute approximate surface area is 177 Å². The fourth-order valence-electron chi connectivity index (χ4n) is 3.43. The first-order chi connectivity index (χ1) is 14.9. The molecule has 3 aromatic carbocycles. The molecular formula is C24H19N3O4. The zero-order chi connectivity index (χ0) is 22.0. The van der Waals surface area contributed by atoms with E-state index in [4.69, 9.17) is 0 Å². The number of nitrogens with zero attached hydrogens (tertiary/aromatic N) is 2. The van der Waals surface area contributed by atoms with Gasteiger partial charge in [0.05, 0.1) is 11.5 Å². The lowest BCUT2D eigenvalue weighted by atomic mass is 10.1. The summed E-state index contributed by atoms with van der Waals surface area (Å²) in [5, 5.41) is 11.8. The van der Waals surface area contributed by atoms with Crippen LogP contribution in [0.5, 0.6) is 0 Å². The number of anilines is 1. The molecule has 154 valence electrons. The molecule has 7 nitrogen and oxygen atoms in total. The number of H-pyrrole nitrogens is 1. The highest BCUT2D eigenvalue weighted by atomic mass is 16.6. The Morgan fingerprint density at radius 1 is 1.00 bits per heavy atom. The predicted molar refractivity (Wildman–Crippen MR) is 119 cm³/mol. The lowest BCUT2D eigenvalue weighted by Crippen LogP contribution is -2.32. The molecular weight excluding hydrogens is 394 g/mol. The van der Waals surface area contributed by atoms with Gasteiger partial charge in [-0.05, 0) is 54.8 Å². The number of carbonyl (C=O) groups is 1. The van der Waals surface area contributed by atoms with Crippen molar-refractivity contribution in [3.05, 3.63) is 116 Å². The standard InChI is InChI=1S/C24H19N3O4/c1-16-7-12-22-18(13-16)14-19(23(28)25-22)15-26(20-5-3-2-4-6-20)24(29)17-8-10-21(11-9-17)27(30)31/h2-14H,15H2,1H3,(H,25,28). The van der Waals surface area contributed by atoms with E-state index in [9.17, 15) is 19.7 Å². The summed E-state index contributed by atoms with van der Waals surface area (Å²) >= 11 is 0. The first-order valence-corrected chi connectivity index (χ1v) is 9.66. The maximum atomic E-state index is 13.3. The summed E-state index contributed by atoms with van der Waals surface area (Å²) in [6.45, 7) is 2.03. The number of pyridine rings is 1. The molecule has 0 fully saturated rings. The molecule has 0 radical (unpaired) electrons. The number of aryl methyl sites for hydroxylation is 1. The van der Waals surface area contributed by atoms with Crippen molar-refractivity contribution >= 4 is 28.2 Å². The number of fused-ring (bicyclic) bond motifs is 1. The van der Waals surface area contributed by atoms with Gasteiger partial charge in [0.1, 0.15) is 0 Å². The van der Waals surface area contributed by atoms with Crippen molar-refractivity contribution in [2.75, 3.05) is 4.90 Å². The molecule has 7 heteroatoms. The van der Waals surface area contributed by atoms with Crippen LogP contribution in [0.3, 0.4) is 0 Å². The van der Waals surface area contributed by atoms with Crippen LogP contribution in [0.4, 0.5) is 11.4 Å². The SMILES string of the molecule is Cc1ccc2[nH]c(=O)c(CN(C(=O)c3ccc([N+](=O)[O-])cc3)c3ccccc3)cc2c1. The van der Waals surface area contributed by atoms with Crippen LogP contribution in [0.2, 0.25) is 0 Å². The summed E-state index contributed by atoms with van der Waals surface area (Å²) in [6, 6.07) is 22.0. The maximum Gasteiger partial charge on any atom is 0.269 e. The first-order valence-electron chi connectivity index (χ1n) is 9.66. The summed E-state index contributed by atoms with van der Waals surface area (Å²) in [4.78, 5) is 40.8. The minimum atomic E-state index is -0.514. The van der Waals surface area contributed by atoms with Crippen LogP contribution in [0.15, 0.2) is 83.7 Å². The van der Waals surface area contributed by atoms with Crippen molar-refractivity contribution in [3.8, 4) is 0 Å². The number of non-ortho nitro benzene ring substituents is 1. The minimum Gasteiger partial charge on any atom is -0.322 e. The molecule has 0 bridgehead atoms. The van der Waals surface area contributed by atoms with Crippen LogP contribution in [0.25, 0.3) is 10.9 Å². The van der Waals surface area contributed by atoms with E-state index in [0.717, 1.165) is 16.5 Å². The number of hydrogen-bond acceptors (Lipinski definition) is 4. The molecule has 4 rings (SSSR count). The summed E-state index contributed by atoms with van der Waals surface area (Å²) in [6.07, 6.45) is 0. The van der Waals surface area contributed by atoms with Crippen LogP contribution in [-0.4, -0.2) is 15.8 Å². The number of nitrogens with one attached hydrogen (secondary N) is 1. The van der Waals surface area contributed by atoms with E-state index in [1.165, 1.54) is 29.2 Å². The molecule has 1 amide bonds. The molecule has 0 aliphatic heterocycles. The number of aromatic amines is 1. The fraction of sp³-hybridized carbons (Fsp3) is 0.0833. The minimum absolute atomic E-state index is 0.0546. The molecule has 1 heterocycles. The van der Waals surface area contributed by atoms with Gasteiger partial charge >= 0.3 is 0 Å². The average molecular weight is 413 g/mol. The van der Waals surface area contributed by atoms with Crippen LogP contribution in [0, 0.1) is 17.0 Å². The summed E-state index contributed by atoms with van der Waals surface area (Å²) in [7, 11) is 0. The van der Waals surface area contributed by atoms with Crippen molar-refractivity contribution in [3.63, 3.8) is 0 Å². The van der Waals surface area contributed by atoms with Gasteiger partial charge in [0.25, 0.3) is 17.2 Å². The second kappa shape index (κ2) is 8.23. The Balaban J connectivity index is 1.75. The quantitative estimate of drug-likeness (QED) is 0.382. The van der Waals surface area contributed by atoms with E-state index in [0.29, 0.717) is 16.8 Å². The van der Waals surface area contributed by atoms with Gasteiger partial charge in [-0.25, -0.2) is 0 Å². The topological polar surface area (TPSA) is 96.3 Å². The van der Waals surface area contributed by atoms with Gasteiger partial charge in [0.2, 0.25) is 0 Å². The van der Waals surface area contributed by atoms with Crippen molar-refractivity contribution in [1.82, 2.24) is 4.98 Å². The predicted octanol–water partition coefficient (Wildman–Crippen LogP) is 4.59. The van der Waals surface area contributed by atoms with Crippen molar-refractivity contribution in [2.24, 2.45) is 0 Å². The second-order valence-corrected chi connectivity index (χ2v) is 7.25. The number of rotatable bonds is 5. The zero-order valence-corrected chi connectivity index (χ0v) is 16.7. The molecule has 31 heavy (non-hydrogen) atoms. The summed E-state index contributed by atoms with van der Waals surface area (Å²) < 4.78 is 0. The molecule has 0 atom stereocenters. The number of amides is 1. The Morgan fingerprint density at radius 2 is 1.71 bits per heavy atom. The number of aromatic nitrogens is 1. The van der Waals surface area contributed by atoms with Gasteiger partial charge in [0, 0.05) is 34.5 Å². The molecule has 0 spiro atoms. The van der Waals surface area contributed by atoms with Gasteiger partial charge < -0.3 is 9.88 Å². The third-order valence-corrected chi connectivity index (χ3v) is 5.04. The molecule has 4 aromatic rings. The number of benzene rings is 3.